The van der Waals surface area contributed by atoms with Crippen LogP contribution in [0.1, 0.15) is 15.9 Å². The molecule has 4 aromatic rings. The number of aromatic nitrogens is 3. The molecule has 0 bridgehead atoms. The minimum absolute atomic E-state index is 0.00862. The van der Waals surface area contributed by atoms with Gasteiger partial charge >= 0.3 is 5.97 Å². The van der Waals surface area contributed by atoms with Crippen molar-refractivity contribution >= 4 is 37.9 Å². The third-order valence-corrected chi connectivity index (χ3v) is 6.97. The van der Waals surface area contributed by atoms with Crippen LogP contribution in [0.15, 0.2) is 41.3 Å². The average molecular weight is 455 g/mol. The van der Waals surface area contributed by atoms with E-state index in [1.54, 1.807) is 12.1 Å². The van der Waals surface area contributed by atoms with E-state index in [1.165, 1.54) is 34.4 Å². The maximum Gasteiger partial charge on any atom is 0.340 e. The minimum Gasteiger partial charge on any atom is -0.493 e. The number of rotatable bonds is 5. The van der Waals surface area contributed by atoms with Crippen molar-refractivity contribution in [3.63, 3.8) is 0 Å². The zero-order valence-electron chi connectivity index (χ0n) is 18.3. The van der Waals surface area contributed by atoms with Crippen molar-refractivity contribution in [2.75, 3.05) is 28.3 Å². The molecular formula is C22H22N4O5S. The summed E-state index contributed by atoms with van der Waals surface area (Å²) in [5, 5.41) is 0.794. The van der Waals surface area contributed by atoms with E-state index in [0.717, 1.165) is 15.3 Å². The zero-order valence-corrected chi connectivity index (χ0v) is 19.1. The first kappa shape index (κ1) is 21.7. The molecule has 0 radical (unpaired) electrons. The van der Waals surface area contributed by atoms with Gasteiger partial charge in [0, 0.05) is 19.5 Å². The van der Waals surface area contributed by atoms with Crippen LogP contribution in [0, 0.1) is 6.92 Å². The minimum atomic E-state index is -3.76. The molecule has 9 nitrogen and oxygen atoms in total. The van der Waals surface area contributed by atoms with Crippen LogP contribution in [0.3, 0.4) is 0 Å². The Balaban J connectivity index is 2.00. The number of ether oxygens (including phenoxy) is 2. The van der Waals surface area contributed by atoms with Crippen LogP contribution in [-0.2, 0) is 14.8 Å². The van der Waals surface area contributed by atoms with Crippen molar-refractivity contribution in [2.24, 2.45) is 0 Å². The van der Waals surface area contributed by atoms with E-state index in [0.29, 0.717) is 28.1 Å². The monoisotopic (exact) mass is 454 g/mol. The van der Waals surface area contributed by atoms with Crippen LogP contribution in [0.5, 0.6) is 5.75 Å². The van der Waals surface area contributed by atoms with E-state index in [9.17, 15) is 13.2 Å². The number of hydrogen-bond donors (Lipinski definition) is 1. The van der Waals surface area contributed by atoms with Crippen LogP contribution in [-0.4, -0.2) is 62.0 Å². The second-order valence-corrected chi connectivity index (χ2v) is 9.56. The smallest absolute Gasteiger partial charge is 0.340 e. The number of hydrogen-bond acceptors (Lipinski definition) is 7. The molecule has 4 rings (SSSR count). The topological polar surface area (TPSA) is 114 Å². The highest BCUT2D eigenvalue weighted by molar-refractivity contribution is 7.89. The van der Waals surface area contributed by atoms with Gasteiger partial charge in [-0.25, -0.2) is 27.5 Å². The fourth-order valence-electron chi connectivity index (χ4n) is 3.48. The number of aromatic amines is 1. The lowest BCUT2D eigenvalue weighted by atomic mass is 10.1. The van der Waals surface area contributed by atoms with Crippen molar-refractivity contribution in [3.05, 3.63) is 47.5 Å². The van der Waals surface area contributed by atoms with Crippen LogP contribution >= 0.6 is 0 Å². The Bertz CT molecular complexity index is 1470. The Labute approximate surface area is 185 Å². The first-order chi connectivity index (χ1) is 15.2. The number of pyridine rings is 1. The molecule has 2 aromatic carbocycles. The molecule has 1 N–H and O–H groups in total. The fraction of sp³-hybridized carbons (Fsp3) is 0.227. The Hall–Kier alpha value is -3.50. The molecule has 32 heavy (non-hydrogen) atoms. The number of sulfonamides is 1. The zero-order chi connectivity index (χ0) is 23.2. The predicted molar refractivity (Wildman–Crippen MR) is 120 cm³/mol. The Morgan fingerprint density at radius 3 is 2.47 bits per heavy atom. The summed E-state index contributed by atoms with van der Waals surface area (Å²) in [6, 6.07) is 10.5. The highest BCUT2D eigenvalue weighted by Crippen LogP contribution is 2.35. The molecule has 0 fully saturated rings. The first-order valence-electron chi connectivity index (χ1n) is 9.66. The number of H-pyrrole nitrogens is 1. The molecule has 2 heterocycles. The van der Waals surface area contributed by atoms with Crippen molar-refractivity contribution in [1.82, 2.24) is 19.3 Å². The largest absolute Gasteiger partial charge is 0.493 e. The number of aryl methyl sites for hydroxylation is 1. The molecule has 166 valence electrons. The molecule has 0 atom stereocenters. The third kappa shape index (κ3) is 3.47. The van der Waals surface area contributed by atoms with Crippen molar-refractivity contribution in [3.8, 4) is 17.3 Å². The van der Waals surface area contributed by atoms with E-state index < -0.39 is 16.0 Å². The Morgan fingerprint density at radius 1 is 1.06 bits per heavy atom. The molecule has 10 heteroatoms. The lowest BCUT2D eigenvalue weighted by molar-refractivity contribution is 0.0601. The summed E-state index contributed by atoms with van der Waals surface area (Å²) in [6.07, 6.45) is 0. The molecule has 0 amide bonds. The highest BCUT2D eigenvalue weighted by Gasteiger charge is 2.26. The molecule has 0 saturated heterocycles. The molecule has 0 aliphatic carbocycles. The summed E-state index contributed by atoms with van der Waals surface area (Å²) in [5.41, 5.74) is 3.10. The number of imidazole rings is 1. The van der Waals surface area contributed by atoms with Gasteiger partial charge in [0.15, 0.2) is 11.6 Å². The van der Waals surface area contributed by atoms with Gasteiger partial charge in [-0.2, -0.15) is 0 Å². The van der Waals surface area contributed by atoms with Crippen LogP contribution < -0.4 is 4.74 Å². The molecule has 0 saturated carbocycles. The Kier molecular flexibility index (Phi) is 5.35. The predicted octanol–water partition coefficient (Wildman–Crippen LogP) is 3.13. The lowest BCUT2D eigenvalue weighted by Crippen LogP contribution is -2.22. The first-order valence-corrected chi connectivity index (χ1v) is 11.1. The molecule has 0 unspecified atom stereocenters. The van der Waals surface area contributed by atoms with Gasteiger partial charge in [-0.05, 0) is 37.3 Å². The number of fused-ring (bicyclic) bond motifs is 2. The van der Waals surface area contributed by atoms with Gasteiger partial charge in [0.05, 0.1) is 30.8 Å². The van der Waals surface area contributed by atoms with Gasteiger partial charge in [0.25, 0.3) is 0 Å². The van der Waals surface area contributed by atoms with Crippen molar-refractivity contribution in [1.29, 1.82) is 0 Å². The maximum absolute atomic E-state index is 12.7. The number of esters is 1. The molecule has 0 aliphatic rings. The summed E-state index contributed by atoms with van der Waals surface area (Å²) >= 11 is 0. The van der Waals surface area contributed by atoms with E-state index in [1.807, 2.05) is 25.1 Å². The van der Waals surface area contributed by atoms with Crippen molar-refractivity contribution in [2.45, 2.75) is 11.8 Å². The van der Waals surface area contributed by atoms with E-state index in [4.69, 9.17) is 9.47 Å². The SMILES string of the molecule is COC(=O)c1cc2cc(C)ccc2nc1-c1nc2c(OC)c(S(=O)(=O)N(C)C)ccc2[nH]1. The number of nitrogens with zero attached hydrogens (tertiary/aromatic N) is 3. The fourth-order valence-corrected chi connectivity index (χ4v) is 4.53. The number of carbonyl (C=O) groups is 1. The van der Waals surface area contributed by atoms with Gasteiger partial charge < -0.3 is 14.5 Å². The Morgan fingerprint density at radius 2 is 1.81 bits per heavy atom. The summed E-state index contributed by atoms with van der Waals surface area (Å²) in [7, 11) is 1.81. The summed E-state index contributed by atoms with van der Waals surface area (Å²) in [6.45, 7) is 1.95. The van der Waals surface area contributed by atoms with Gasteiger partial charge in [-0.3, -0.25) is 0 Å². The normalized spacial score (nSPS) is 11.9. The number of nitrogens with one attached hydrogen (secondary N) is 1. The van der Waals surface area contributed by atoms with Gasteiger partial charge in [-0.15, -0.1) is 0 Å². The summed E-state index contributed by atoms with van der Waals surface area (Å²) in [5.74, 6) is -0.158. The van der Waals surface area contributed by atoms with Crippen LogP contribution in [0.4, 0.5) is 0 Å². The van der Waals surface area contributed by atoms with E-state index in [2.05, 4.69) is 15.0 Å². The van der Waals surface area contributed by atoms with Crippen molar-refractivity contribution < 1.29 is 22.7 Å². The second kappa shape index (κ2) is 7.88. The second-order valence-electron chi connectivity index (χ2n) is 7.44. The molecule has 0 aliphatic heterocycles. The van der Waals surface area contributed by atoms with Gasteiger partial charge in [-0.1, -0.05) is 11.6 Å². The molecule has 2 aromatic heterocycles. The average Bonchev–Trinajstić information content (AvgIpc) is 3.20. The standard InChI is InChI=1S/C22H22N4O5S/c1-12-6-7-15-13(10-12)11-14(22(27)31-5)18(23-15)21-24-16-8-9-17(32(28,29)26(2)3)20(30-4)19(16)25-21/h6-11H,1-5H3,(H,24,25). The summed E-state index contributed by atoms with van der Waals surface area (Å²) in [4.78, 5) is 24.8. The van der Waals surface area contributed by atoms with Gasteiger partial charge in [0.1, 0.15) is 16.1 Å². The molecular weight excluding hydrogens is 432 g/mol. The third-order valence-electron chi connectivity index (χ3n) is 5.13. The quantitative estimate of drug-likeness (QED) is 0.461. The van der Waals surface area contributed by atoms with E-state index in [-0.39, 0.29) is 16.2 Å². The highest BCUT2D eigenvalue weighted by atomic mass is 32.2. The number of benzene rings is 2. The van der Waals surface area contributed by atoms with E-state index >= 15 is 0 Å². The summed E-state index contributed by atoms with van der Waals surface area (Å²) < 4.78 is 36.9. The van der Waals surface area contributed by atoms with Crippen LogP contribution in [0.2, 0.25) is 0 Å². The maximum atomic E-state index is 12.7. The molecule has 0 spiro atoms. The number of methoxy groups -OCH3 is 2. The van der Waals surface area contributed by atoms with Crippen LogP contribution in [0.25, 0.3) is 33.5 Å². The number of carbonyl (C=O) groups excluding carboxylic acids is 1. The van der Waals surface area contributed by atoms with Gasteiger partial charge in [0.2, 0.25) is 10.0 Å². The lowest BCUT2D eigenvalue weighted by Gasteiger charge is -2.14.